The monoisotopic (exact) mass is 200 g/mol. The number of hydrogen-bond acceptors (Lipinski definition) is 3. The molecule has 1 rings (SSSR count). The largest absolute Gasteiger partial charge is 0.385 e. The van der Waals surface area contributed by atoms with Crippen LogP contribution in [0.15, 0.2) is 0 Å². The van der Waals surface area contributed by atoms with Crippen molar-refractivity contribution < 1.29 is 9.53 Å². The fraction of sp³-hybridized carbons (Fsp3) is 0.900. The van der Waals surface area contributed by atoms with E-state index in [1.165, 1.54) is 0 Å². The first kappa shape index (κ1) is 11.5. The number of nitrogens with two attached hydrogens (primary N) is 1. The Morgan fingerprint density at radius 3 is 2.71 bits per heavy atom. The van der Waals surface area contributed by atoms with Gasteiger partial charge in [0.1, 0.15) is 0 Å². The van der Waals surface area contributed by atoms with Gasteiger partial charge in [0.05, 0.1) is 5.54 Å². The van der Waals surface area contributed by atoms with Crippen LogP contribution >= 0.6 is 0 Å². The van der Waals surface area contributed by atoms with Crippen molar-refractivity contribution in [1.29, 1.82) is 0 Å². The summed E-state index contributed by atoms with van der Waals surface area (Å²) in [7, 11) is 1.67. The molecule has 1 unspecified atom stereocenters. The normalized spacial score (nSPS) is 25.9. The van der Waals surface area contributed by atoms with E-state index < -0.39 is 0 Å². The minimum absolute atomic E-state index is 0.0439. The van der Waals surface area contributed by atoms with Crippen LogP contribution in [-0.4, -0.2) is 42.6 Å². The van der Waals surface area contributed by atoms with Crippen molar-refractivity contribution in [2.75, 3.05) is 20.3 Å². The van der Waals surface area contributed by atoms with Crippen LogP contribution in [0.3, 0.4) is 0 Å². The Bertz CT molecular complexity index is 216. The number of carbonyl (C=O) groups excluding carboxylic acids is 1. The van der Waals surface area contributed by atoms with Crippen LogP contribution in [0, 0.1) is 0 Å². The van der Waals surface area contributed by atoms with Crippen molar-refractivity contribution in [3.8, 4) is 0 Å². The lowest BCUT2D eigenvalue weighted by Crippen LogP contribution is -2.49. The minimum Gasteiger partial charge on any atom is -0.385 e. The topological polar surface area (TPSA) is 55.6 Å². The third-order valence-electron chi connectivity index (χ3n) is 3.03. The van der Waals surface area contributed by atoms with Gasteiger partial charge in [-0.25, -0.2) is 0 Å². The lowest BCUT2D eigenvalue weighted by Gasteiger charge is -2.34. The number of amides is 1. The first-order valence-electron chi connectivity index (χ1n) is 5.05. The highest BCUT2D eigenvalue weighted by atomic mass is 16.5. The maximum atomic E-state index is 11.6. The molecule has 0 saturated carbocycles. The number of hydrogen-bond donors (Lipinski definition) is 1. The van der Waals surface area contributed by atoms with E-state index in [9.17, 15) is 4.79 Å². The zero-order valence-corrected chi connectivity index (χ0v) is 9.25. The molecule has 1 atom stereocenters. The molecule has 0 radical (unpaired) electrons. The molecule has 14 heavy (non-hydrogen) atoms. The Kier molecular flexibility index (Phi) is 3.50. The van der Waals surface area contributed by atoms with Gasteiger partial charge in [0.15, 0.2) is 0 Å². The average Bonchev–Trinajstić information content (AvgIpc) is 2.28. The van der Waals surface area contributed by atoms with Gasteiger partial charge in [-0.15, -0.1) is 0 Å². The quantitative estimate of drug-likeness (QED) is 0.667. The van der Waals surface area contributed by atoms with Crippen molar-refractivity contribution >= 4 is 5.91 Å². The Hall–Kier alpha value is -0.610. The number of likely N-dealkylation sites (tertiary alicyclic amines) is 1. The number of methoxy groups -OCH3 is 1. The lowest BCUT2D eigenvalue weighted by molar-refractivity contribution is -0.130. The Morgan fingerprint density at radius 2 is 2.29 bits per heavy atom. The number of nitrogens with zero attached hydrogens (tertiary/aromatic N) is 1. The van der Waals surface area contributed by atoms with E-state index in [1.807, 2.05) is 18.7 Å². The van der Waals surface area contributed by atoms with Gasteiger partial charge < -0.3 is 15.4 Å². The van der Waals surface area contributed by atoms with E-state index in [2.05, 4.69) is 0 Å². The second-order valence-electron chi connectivity index (χ2n) is 4.36. The maximum Gasteiger partial charge on any atom is 0.224 e. The second-order valence-corrected chi connectivity index (χ2v) is 4.36. The molecule has 1 heterocycles. The molecule has 1 amide bonds. The summed E-state index contributed by atoms with van der Waals surface area (Å²) >= 11 is 0. The fourth-order valence-electron chi connectivity index (χ4n) is 1.85. The summed E-state index contributed by atoms with van der Waals surface area (Å²) in [6, 6.07) is -0.0439. The number of carbonyl (C=O) groups is 1. The molecule has 4 heteroatoms. The maximum absolute atomic E-state index is 11.6. The molecule has 4 nitrogen and oxygen atoms in total. The summed E-state index contributed by atoms with van der Waals surface area (Å²) in [4.78, 5) is 13.5. The second kappa shape index (κ2) is 4.28. The molecule has 1 aliphatic heterocycles. The summed E-state index contributed by atoms with van der Waals surface area (Å²) in [5.74, 6) is 0.165. The Balaban J connectivity index is 2.53. The molecule has 82 valence electrons. The molecule has 0 aromatic heterocycles. The van der Waals surface area contributed by atoms with E-state index in [-0.39, 0.29) is 17.5 Å². The van der Waals surface area contributed by atoms with Crippen LogP contribution in [0.5, 0.6) is 0 Å². The highest BCUT2D eigenvalue weighted by Crippen LogP contribution is 2.28. The molecule has 2 N–H and O–H groups in total. The lowest BCUT2D eigenvalue weighted by atomic mass is 9.97. The molecule has 1 saturated heterocycles. The molecule has 0 aliphatic carbocycles. The standard InChI is InChI=1S/C10H20N2O2/c1-10(2)8(11)7-9(13)12(10)5-4-6-14-3/h8H,4-7,11H2,1-3H3. The van der Waals surface area contributed by atoms with Gasteiger partial charge in [-0.1, -0.05) is 0 Å². The first-order chi connectivity index (χ1) is 6.50. The van der Waals surface area contributed by atoms with Gasteiger partial charge in [-0.2, -0.15) is 0 Å². The third kappa shape index (κ3) is 2.07. The van der Waals surface area contributed by atoms with Crippen LogP contribution in [0.2, 0.25) is 0 Å². The average molecular weight is 200 g/mol. The molecule has 0 spiro atoms. The molecular weight excluding hydrogens is 180 g/mol. The van der Waals surface area contributed by atoms with Gasteiger partial charge in [0.2, 0.25) is 5.91 Å². The van der Waals surface area contributed by atoms with Gasteiger partial charge in [0.25, 0.3) is 0 Å². The highest BCUT2D eigenvalue weighted by Gasteiger charge is 2.43. The first-order valence-corrected chi connectivity index (χ1v) is 5.05. The van der Waals surface area contributed by atoms with Gasteiger partial charge in [0, 0.05) is 32.7 Å². The Morgan fingerprint density at radius 1 is 1.64 bits per heavy atom. The summed E-state index contributed by atoms with van der Waals surface area (Å²) in [6.07, 6.45) is 1.35. The van der Waals surface area contributed by atoms with Crippen LogP contribution in [0.25, 0.3) is 0 Å². The zero-order valence-electron chi connectivity index (χ0n) is 9.25. The smallest absolute Gasteiger partial charge is 0.224 e. The summed E-state index contributed by atoms with van der Waals surface area (Å²) < 4.78 is 4.96. The minimum atomic E-state index is -0.204. The van der Waals surface area contributed by atoms with Gasteiger partial charge >= 0.3 is 0 Å². The van der Waals surface area contributed by atoms with Crippen molar-refractivity contribution in [3.05, 3.63) is 0 Å². The van der Waals surface area contributed by atoms with Crippen LogP contribution < -0.4 is 5.73 Å². The molecule has 1 fully saturated rings. The summed E-state index contributed by atoms with van der Waals surface area (Å²) in [6.45, 7) is 5.48. The molecule has 0 bridgehead atoms. The van der Waals surface area contributed by atoms with Crippen molar-refractivity contribution in [2.45, 2.75) is 38.3 Å². The number of rotatable bonds is 4. The van der Waals surface area contributed by atoms with Crippen LogP contribution in [0.4, 0.5) is 0 Å². The van der Waals surface area contributed by atoms with Gasteiger partial charge in [-0.3, -0.25) is 4.79 Å². The number of ether oxygens (including phenoxy) is 1. The SMILES string of the molecule is COCCCN1C(=O)CC(N)C1(C)C. The molecule has 1 aliphatic rings. The fourth-order valence-corrected chi connectivity index (χ4v) is 1.85. The van der Waals surface area contributed by atoms with E-state index >= 15 is 0 Å². The third-order valence-corrected chi connectivity index (χ3v) is 3.03. The predicted octanol–water partition coefficient (Wildman–Crippen LogP) is 0.361. The Labute approximate surface area is 85.4 Å². The van der Waals surface area contributed by atoms with E-state index in [4.69, 9.17) is 10.5 Å². The predicted molar refractivity (Wildman–Crippen MR) is 54.9 cm³/mol. The van der Waals surface area contributed by atoms with E-state index in [0.29, 0.717) is 13.0 Å². The van der Waals surface area contributed by atoms with E-state index in [0.717, 1.165) is 13.0 Å². The molecular formula is C10H20N2O2. The van der Waals surface area contributed by atoms with Crippen molar-refractivity contribution in [2.24, 2.45) is 5.73 Å². The highest BCUT2D eigenvalue weighted by molar-refractivity contribution is 5.80. The van der Waals surface area contributed by atoms with Crippen molar-refractivity contribution in [1.82, 2.24) is 4.90 Å². The molecule has 0 aromatic rings. The van der Waals surface area contributed by atoms with Gasteiger partial charge in [-0.05, 0) is 20.3 Å². The van der Waals surface area contributed by atoms with Crippen LogP contribution in [0.1, 0.15) is 26.7 Å². The van der Waals surface area contributed by atoms with Crippen molar-refractivity contribution in [3.63, 3.8) is 0 Å². The van der Waals surface area contributed by atoms with E-state index in [1.54, 1.807) is 7.11 Å². The van der Waals surface area contributed by atoms with Crippen LogP contribution in [-0.2, 0) is 9.53 Å². The summed E-state index contributed by atoms with van der Waals surface area (Å²) in [5.41, 5.74) is 5.70. The summed E-state index contributed by atoms with van der Waals surface area (Å²) in [5, 5.41) is 0. The zero-order chi connectivity index (χ0) is 10.8. The molecule has 0 aromatic carbocycles.